The SMILES string of the molecule is COc1ccccc1N1CC[C@H](CNc2nnc(C)c(C)c2C#N)C1. The number of hydrogen-bond donors (Lipinski definition) is 1. The summed E-state index contributed by atoms with van der Waals surface area (Å²) in [5.41, 5.74) is 3.41. The lowest BCUT2D eigenvalue weighted by molar-refractivity contribution is 0.414. The Labute approximate surface area is 148 Å². The van der Waals surface area contributed by atoms with E-state index in [9.17, 15) is 5.26 Å². The molecule has 0 spiro atoms. The minimum absolute atomic E-state index is 0.486. The van der Waals surface area contributed by atoms with Gasteiger partial charge in [0.2, 0.25) is 0 Å². The van der Waals surface area contributed by atoms with E-state index in [1.54, 1.807) is 7.11 Å². The average molecular weight is 337 g/mol. The van der Waals surface area contributed by atoms with Gasteiger partial charge in [-0.05, 0) is 43.9 Å². The number of aryl methyl sites for hydroxylation is 1. The molecule has 0 aliphatic carbocycles. The van der Waals surface area contributed by atoms with Crippen molar-refractivity contribution in [2.24, 2.45) is 5.92 Å². The summed E-state index contributed by atoms with van der Waals surface area (Å²) in [6.45, 7) is 6.50. The van der Waals surface area contributed by atoms with Crippen molar-refractivity contribution in [2.45, 2.75) is 20.3 Å². The van der Waals surface area contributed by atoms with Crippen LogP contribution in [-0.4, -0.2) is 36.9 Å². The quantitative estimate of drug-likeness (QED) is 0.904. The predicted molar refractivity (Wildman–Crippen MR) is 98.0 cm³/mol. The van der Waals surface area contributed by atoms with Crippen LogP contribution in [0.25, 0.3) is 0 Å². The highest BCUT2D eigenvalue weighted by Gasteiger charge is 2.25. The molecule has 0 amide bonds. The number of methoxy groups -OCH3 is 1. The van der Waals surface area contributed by atoms with Crippen LogP contribution in [0.2, 0.25) is 0 Å². The molecule has 0 radical (unpaired) electrons. The first-order chi connectivity index (χ1) is 12.1. The normalized spacial score (nSPS) is 16.6. The van der Waals surface area contributed by atoms with Crippen molar-refractivity contribution in [2.75, 3.05) is 37.0 Å². The van der Waals surface area contributed by atoms with Crippen molar-refractivity contribution in [3.63, 3.8) is 0 Å². The summed E-state index contributed by atoms with van der Waals surface area (Å²) >= 11 is 0. The molecule has 0 saturated carbocycles. The van der Waals surface area contributed by atoms with Crippen LogP contribution in [0, 0.1) is 31.1 Å². The monoisotopic (exact) mass is 337 g/mol. The summed E-state index contributed by atoms with van der Waals surface area (Å²) in [7, 11) is 1.70. The lowest BCUT2D eigenvalue weighted by atomic mass is 10.1. The van der Waals surface area contributed by atoms with E-state index in [2.05, 4.69) is 32.5 Å². The number of benzene rings is 1. The Morgan fingerprint density at radius 3 is 2.88 bits per heavy atom. The molecule has 0 unspecified atom stereocenters. The van der Waals surface area contributed by atoms with E-state index in [4.69, 9.17) is 4.74 Å². The van der Waals surface area contributed by atoms with Crippen LogP contribution in [0.5, 0.6) is 5.75 Å². The number of para-hydroxylation sites is 2. The van der Waals surface area contributed by atoms with Crippen LogP contribution < -0.4 is 15.0 Å². The molecular formula is C19H23N5O. The Morgan fingerprint density at radius 1 is 1.32 bits per heavy atom. The maximum Gasteiger partial charge on any atom is 0.166 e. The average Bonchev–Trinajstić information content (AvgIpc) is 3.11. The Hall–Kier alpha value is -2.81. The van der Waals surface area contributed by atoms with Gasteiger partial charge in [0.05, 0.1) is 18.5 Å². The van der Waals surface area contributed by atoms with Crippen molar-refractivity contribution in [3.05, 3.63) is 41.1 Å². The molecule has 1 atom stereocenters. The van der Waals surface area contributed by atoms with Crippen LogP contribution in [-0.2, 0) is 0 Å². The van der Waals surface area contributed by atoms with Gasteiger partial charge in [0.1, 0.15) is 17.4 Å². The Morgan fingerprint density at radius 2 is 2.12 bits per heavy atom. The first kappa shape index (κ1) is 17.0. The molecule has 3 rings (SSSR count). The summed E-state index contributed by atoms with van der Waals surface area (Å²) in [4.78, 5) is 2.35. The number of ether oxygens (including phenoxy) is 1. The maximum atomic E-state index is 9.38. The summed E-state index contributed by atoms with van der Waals surface area (Å²) in [5, 5.41) is 21.0. The zero-order chi connectivity index (χ0) is 17.8. The molecule has 1 aromatic heterocycles. The minimum atomic E-state index is 0.486. The number of nitrogens with zero attached hydrogens (tertiary/aromatic N) is 4. The Balaban J connectivity index is 1.65. The maximum absolute atomic E-state index is 9.38. The van der Waals surface area contributed by atoms with E-state index in [0.29, 0.717) is 17.3 Å². The standard InChI is InChI=1S/C19H23N5O/c1-13-14(2)22-23-19(16(13)10-20)21-11-15-8-9-24(12-15)17-6-4-5-7-18(17)25-3/h4-7,15H,8-9,11-12H2,1-3H3,(H,21,23)/t15-/m1/s1. The smallest absolute Gasteiger partial charge is 0.166 e. The minimum Gasteiger partial charge on any atom is -0.495 e. The third kappa shape index (κ3) is 3.50. The molecule has 1 saturated heterocycles. The van der Waals surface area contributed by atoms with Crippen LogP contribution in [0.3, 0.4) is 0 Å². The first-order valence-corrected chi connectivity index (χ1v) is 8.49. The fourth-order valence-corrected chi connectivity index (χ4v) is 3.22. The highest BCUT2D eigenvalue weighted by molar-refractivity contribution is 5.59. The van der Waals surface area contributed by atoms with Gasteiger partial charge in [0.25, 0.3) is 0 Å². The molecule has 6 nitrogen and oxygen atoms in total. The molecule has 2 aromatic rings. The third-order valence-corrected chi connectivity index (χ3v) is 4.84. The molecule has 1 aliphatic heterocycles. The van der Waals surface area contributed by atoms with Gasteiger partial charge < -0.3 is 15.0 Å². The van der Waals surface area contributed by atoms with Gasteiger partial charge in [0.15, 0.2) is 5.82 Å². The number of anilines is 2. The molecule has 1 fully saturated rings. The zero-order valence-electron chi connectivity index (χ0n) is 14.9. The van der Waals surface area contributed by atoms with E-state index in [-0.39, 0.29) is 0 Å². The molecule has 25 heavy (non-hydrogen) atoms. The molecule has 1 aromatic carbocycles. The molecular weight excluding hydrogens is 314 g/mol. The van der Waals surface area contributed by atoms with Crippen LogP contribution in [0.15, 0.2) is 24.3 Å². The number of nitrogens with one attached hydrogen (secondary N) is 1. The lowest BCUT2D eigenvalue weighted by Gasteiger charge is -2.21. The summed E-state index contributed by atoms with van der Waals surface area (Å²) in [6.07, 6.45) is 1.09. The number of rotatable bonds is 5. The van der Waals surface area contributed by atoms with E-state index in [1.807, 2.05) is 32.0 Å². The molecule has 6 heteroatoms. The van der Waals surface area contributed by atoms with Gasteiger partial charge in [-0.1, -0.05) is 12.1 Å². The second-order valence-corrected chi connectivity index (χ2v) is 6.40. The summed E-state index contributed by atoms with van der Waals surface area (Å²) < 4.78 is 5.47. The lowest BCUT2D eigenvalue weighted by Crippen LogP contribution is -2.23. The highest BCUT2D eigenvalue weighted by Crippen LogP contribution is 2.32. The second-order valence-electron chi connectivity index (χ2n) is 6.40. The van der Waals surface area contributed by atoms with Crippen LogP contribution >= 0.6 is 0 Å². The second kappa shape index (κ2) is 7.39. The Kier molecular flexibility index (Phi) is 5.03. The summed E-state index contributed by atoms with van der Waals surface area (Å²) in [5.74, 6) is 1.98. The third-order valence-electron chi connectivity index (χ3n) is 4.84. The van der Waals surface area contributed by atoms with E-state index < -0.39 is 0 Å². The zero-order valence-corrected chi connectivity index (χ0v) is 14.9. The topological polar surface area (TPSA) is 74.1 Å². The van der Waals surface area contributed by atoms with Gasteiger partial charge in [-0.3, -0.25) is 0 Å². The van der Waals surface area contributed by atoms with Gasteiger partial charge in [-0.15, -0.1) is 5.10 Å². The number of aromatic nitrogens is 2. The van der Waals surface area contributed by atoms with Gasteiger partial charge in [-0.2, -0.15) is 10.4 Å². The van der Waals surface area contributed by atoms with Crippen LogP contribution in [0.4, 0.5) is 11.5 Å². The molecule has 2 heterocycles. The van der Waals surface area contributed by atoms with Crippen LogP contribution in [0.1, 0.15) is 23.2 Å². The van der Waals surface area contributed by atoms with Gasteiger partial charge in [0, 0.05) is 19.6 Å². The van der Waals surface area contributed by atoms with E-state index >= 15 is 0 Å². The molecule has 130 valence electrons. The van der Waals surface area contributed by atoms with Gasteiger partial charge in [-0.25, -0.2) is 0 Å². The first-order valence-electron chi connectivity index (χ1n) is 8.49. The number of hydrogen-bond acceptors (Lipinski definition) is 6. The molecule has 1 N–H and O–H groups in total. The molecule has 0 bridgehead atoms. The van der Waals surface area contributed by atoms with E-state index in [0.717, 1.165) is 48.7 Å². The van der Waals surface area contributed by atoms with E-state index in [1.165, 1.54) is 0 Å². The Bertz CT molecular complexity index is 799. The van der Waals surface area contributed by atoms with Gasteiger partial charge >= 0.3 is 0 Å². The number of nitriles is 1. The fourth-order valence-electron chi connectivity index (χ4n) is 3.22. The fraction of sp³-hybridized carbons (Fsp3) is 0.421. The largest absolute Gasteiger partial charge is 0.495 e. The van der Waals surface area contributed by atoms with Crippen molar-refractivity contribution < 1.29 is 4.74 Å². The van der Waals surface area contributed by atoms with Crippen molar-refractivity contribution in [3.8, 4) is 11.8 Å². The van der Waals surface area contributed by atoms with Crippen molar-refractivity contribution in [1.29, 1.82) is 5.26 Å². The van der Waals surface area contributed by atoms with Crippen molar-refractivity contribution in [1.82, 2.24) is 10.2 Å². The molecule has 1 aliphatic rings. The van der Waals surface area contributed by atoms with Crippen molar-refractivity contribution >= 4 is 11.5 Å². The highest BCUT2D eigenvalue weighted by atomic mass is 16.5. The predicted octanol–water partition coefficient (Wildman–Crippen LogP) is 2.91. The summed E-state index contributed by atoms with van der Waals surface area (Å²) in [6, 6.07) is 10.3.